The van der Waals surface area contributed by atoms with Gasteiger partial charge in [-0.25, -0.2) is 0 Å². The standard InChI is InChI=1S/C24H30N2O4/c1-6-8-9-12-30-21-11-10-18(14-22(21)29-5)13-19-17(4)20(15-25)24(28)26(23(19)27)16(3)7-2/h10-11,13-14,16H,6-9,12H2,1-5H3/b19-13+. The van der Waals surface area contributed by atoms with Crippen LogP contribution >= 0.6 is 0 Å². The smallest absolute Gasteiger partial charge is 0.271 e. The molecule has 0 radical (unpaired) electrons. The number of unbranched alkanes of at least 4 members (excludes halogenated alkanes) is 2. The molecule has 0 saturated carbocycles. The van der Waals surface area contributed by atoms with Gasteiger partial charge in [0, 0.05) is 11.6 Å². The molecule has 1 atom stereocenters. The topological polar surface area (TPSA) is 79.6 Å². The Morgan fingerprint density at radius 3 is 2.50 bits per heavy atom. The van der Waals surface area contributed by atoms with Gasteiger partial charge in [-0.3, -0.25) is 14.5 Å². The highest BCUT2D eigenvalue weighted by atomic mass is 16.5. The number of nitriles is 1. The van der Waals surface area contributed by atoms with Gasteiger partial charge in [-0.2, -0.15) is 5.26 Å². The zero-order chi connectivity index (χ0) is 22.3. The summed E-state index contributed by atoms with van der Waals surface area (Å²) in [6.07, 6.45) is 5.50. The molecule has 1 aliphatic heterocycles. The number of ether oxygens (including phenoxy) is 2. The maximum absolute atomic E-state index is 13.1. The van der Waals surface area contributed by atoms with Crippen molar-refractivity contribution in [2.45, 2.75) is 59.4 Å². The van der Waals surface area contributed by atoms with E-state index in [1.54, 1.807) is 33.1 Å². The Labute approximate surface area is 178 Å². The molecule has 0 aliphatic carbocycles. The average molecular weight is 411 g/mol. The number of hydrogen-bond donors (Lipinski definition) is 0. The molecule has 0 N–H and O–H groups in total. The lowest BCUT2D eigenvalue weighted by Crippen LogP contribution is -2.47. The minimum absolute atomic E-state index is 0.00370. The molecule has 30 heavy (non-hydrogen) atoms. The van der Waals surface area contributed by atoms with Gasteiger partial charge in [-0.1, -0.05) is 32.8 Å². The van der Waals surface area contributed by atoms with Crippen LogP contribution in [-0.2, 0) is 9.59 Å². The third-order valence-corrected chi connectivity index (χ3v) is 5.31. The van der Waals surface area contributed by atoms with Crippen molar-refractivity contribution in [3.8, 4) is 17.6 Å². The van der Waals surface area contributed by atoms with Crippen molar-refractivity contribution in [1.29, 1.82) is 5.26 Å². The van der Waals surface area contributed by atoms with E-state index in [-0.39, 0.29) is 17.5 Å². The van der Waals surface area contributed by atoms with E-state index in [2.05, 4.69) is 6.92 Å². The van der Waals surface area contributed by atoms with Crippen molar-refractivity contribution in [1.82, 2.24) is 4.90 Å². The van der Waals surface area contributed by atoms with Crippen LogP contribution in [0.3, 0.4) is 0 Å². The van der Waals surface area contributed by atoms with Crippen LogP contribution in [0.4, 0.5) is 0 Å². The molecule has 160 valence electrons. The Morgan fingerprint density at radius 1 is 1.17 bits per heavy atom. The van der Waals surface area contributed by atoms with Crippen LogP contribution < -0.4 is 9.47 Å². The van der Waals surface area contributed by atoms with Gasteiger partial charge in [0.15, 0.2) is 11.5 Å². The first-order valence-electron chi connectivity index (χ1n) is 10.4. The molecule has 0 fully saturated rings. The summed E-state index contributed by atoms with van der Waals surface area (Å²) in [7, 11) is 1.57. The molecule has 1 heterocycles. The van der Waals surface area contributed by atoms with Crippen LogP contribution in [0.2, 0.25) is 0 Å². The molecule has 2 amide bonds. The molecular weight excluding hydrogens is 380 g/mol. The lowest BCUT2D eigenvalue weighted by atomic mass is 9.92. The molecule has 0 spiro atoms. The van der Waals surface area contributed by atoms with Gasteiger partial charge in [0.2, 0.25) is 0 Å². The number of rotatable bonds is 9. The molecule has 2 rings (SSSR count). The molecule has 6 heteroatoms. The summed E-state index contributed by atoms with van der Waals surface area (Å²) in [5, 5.41) is 9.48. The summed E-state index contributed by atoms with van der Waals surface area (Å²) in [4.78, 5) is 26.9. The molecule has 1 unspecified atom stereocenters. The van der Waals surface area contributed by atoms with Crippen LogP contribution in [0.5, 0.6) is 11.5 Å². The largest absolute Gasteiger partial charge is 0.493 e. The van der Waals surface area contributed by atoms with Gasteiger partial charge in [0.25, 0.3) is 11.8 Å². The highest BCUT2D eigenvalue weighted by Crippen LogP contribution is 2.32. The SMILES string of the molecule is CCCCCOc1ccc(/C=C2/C(=O)N(C(C)CC)C(=O)C(C#N)=C2C)cc1OC. The van der Waals surface area contributed by atoms with E-state index in [1.807, 2.05) is 25.1 Å². The molecule has 1 aliphatic rings. The summed E-state index contributed by atoms with van der Waals surface area (Å²) < 4.78 is 11.3. The van der Waals surface area contributed by atoms with Crippen molar-refractivity contribution in [2.24, 2.45) is 0 Å². The number of hydrogen-bond acceptors (Lipinski definition) is 5. The quantitative estimate of drug-likeness (QED) is 0.336. The fourth-order valence-electron chi connectivity index (χ4n) is 3.28. The molecule has 6 nitrogen and oxygen atoms in total. The van der Waals surface area contributed by atoms with Gasteiger partial charge in [0.05, 0.1) is 13.7 Å². The predicted molar refractivity (Wildman–Crippen MR) is 116 cm³/mol. The van der Waals surface area contributed by atoms with Crippen LogP contribution in [0.15, 0.2) is 34.9 Å². The van der Waals surface area contributed by atoms with E-state index < -0.39 is 5.91 Å². The molecule has 0 aromatic heterocycles. The van der Waals surface area contributed by atoms with Crippen LogP contribution in [0.1, 0.15) is 58.9 Å². The Morgan fingerprint density at radius 2 is 1.90 bits per heavy atom. The van der Waals surface area contributed by atoms with Crippen molar-refractivity contribution in [3.63, 3.8) is 0 Å². The Kier molecular flexibility index (Phi) is 8.23. The Bertz CT molecular complexity index is 908. The van der Waals surface area contributed by atoms with E-state index >= 15 is 0 Å². The lowest BCUT2D eigenvalue weighted by molar-refractivity contribution is -0.142. The number of benzene rings is 1. The van der Waals surface area contributed by atoms with E-state index in [0.717, 1.165) is 24.8 Å². The normalized spacial score (nSPS) is 16.7. The molecule has 0 saturated heterocycles. The number of amides is 2. The fraction of sp³-hybridized carbons (Fsp3) is 0.458. The summed E-state index contributed by atoms with van der Waals surface area (Å²) in [5.41, 5.74) is 1.46. The predicted octanol–water partition coefficient (Wildman–Crippen LogP) is 4.65. The minimum Gasteiger partial charge on any atom is -0.493 e. The maximum Gasteiger partial charge on any atom is 0.271 e. The van der Waals surface area contributed by atoms with Crippen LogP contribution in [-0.4, -0.2) is 36.5 Å². The van der Waals surface area contributed by atoms with Gasteiger partial charge >= 0.3 is 0 Å². The summed E-state index contributed by atoms with van der Waals surface area (Å²) >= 11 is 0. The number of carbonyl (C=O) groups is 2. The van der Waals surface area contributed by atoms with Gasteiger partial charge in [-0.15, -0.1) is 0 Å². The first-order chi connectivity index (χ1) is 14.4. The monoisotopic (exact) mass is 410 g/mol. The fourth-order valence-corrected chi connectivity index (χ4v) is 3.28. The van der Waals surface area contributed by atoms with Gasteiger partial charge in [-0.05, 0) is 56.0 Å². The van der Waals surface area contributed by atoms with E-state index in [9.17, 15) is 14.9 Å². The highest BCUT2D eigenvalue weighted by molar-refractivity contribution is 6.19. The summed E-state index contributed by atoms with van der Waals surface area (Å²) in [6, 6.07) is 7.11. The van der Waals surface area contributed by atoms with Crippen LogP contribution in [0, 0.1) is 11.3 Å². The van der Waals surface area contributed by atoms with E-state index in [1.165, 1.54) is 4.90 Å². The van der Waals surface area contributed by atoms with Gasteiger partial charge in [0.1, 0.15) is 11.6 Å². The molecule has 1 aromatic carbocycles. The zero-order valence-electron chi connectivity index (χ0n) is 18.4. The van der Waals surface area contributed by atoms with Crippen molar-refractivity contribution in [3.05, 3.63) is 40.5 Å². The molecule has 0 bridgehead atoms. The van der Waals surface area contributed by atoms with E-state index in [4.69, 9.17) is 9.47 Å². The highest BCUT2D eigenvalue weighted by Gasteiger charge is 2.37. The summed E-state index contributed by atoms with van der Waals surface area (Å²) in [6.45, 7) is 8.09. The molecular formula is C24H30N2O4. The number of nitrogens with zero attached hydrogens (tertiary/aromatic N) is 2. The average Bonchev–Trinajstić information content (AvgIpc) is 2.74. The van der Waals surface area contributed by atoms with Crippen molar-refractivity contribution >= 4 is 17.9 Å². The second kappa shape index (κ2) is 10.6. The van der Waals surface area contributed by atoms with Gasteiger partial charge < -0.3 is 9.47 Å². The second-order valence-electron chi connectivity index (χ2n) is 7.37. The van der Waals surface area contributed by atoms with Crippen molar-refractivity contribution in [2.75, 3.05) is 13.7 Å². The zero-order valence-corrected chi connectivity index (χ0v) is 18.4. The van der Waals surface area contributed by atoms with Crippen LogP contribution in [0.25, 0.3) is 6.08 Å². The van der Waals surface area contributed by atoms with E-state index in [0.29, 0.717) is 35.7 Å². The minimum atomic E-state index is -0.528. The number of imide groups is 1. The first kappa shape index (κ1) is 23.2. The lowest BCUT2D eigenvalue weighted by Gasteiger charge is -2.31. The summed E-state index contributed by atoms with van der Waals surface area (Å²) in [5.74, 6) is 0.304. The number of carbonyl (C=O) groups excluding carboxylic acids is 2. The third-order valence-electron chi connectivity index (χ3n) is 5.31. The second-order valence-corrected chi connectivity index (χ2v) is 7.37. The Hall–Kier alpha value is -3.07. The third kappa shape index (κ3) is 4.91. The first-order valence-corrected chi connectivity index (χ1v) is 10.4. The maximum atomic E-state index is 13.1. The molecule has 1 aromatic rings. The number of methoxy groups -OCH3 is 1. The van der Waals surface area contributed by atoms with Crippen molar-refractivity contribution < 1.29 is 19.1 Å². The Balaban J connectivity index is 2.42.